The number of furan rings is 1. The Morgan fingerprint density at radius 1 is 0.973 bits per heavy atom. The van der Waals surface area contributed by atoms with E-state index < -0.39 is 11.9 Å². The minimum absolute atomic E-state index is 0.0347. The fourth-order valence-corrected chi connectivity index (χ4v) is 4.96. The highest BCUT2D eigenvalue weighted by Gasteiger charge is 2.38. The topological polar surface area (TPSA) is 99.5 Å². The van der Waals surface area contributed by atoms with Gasteiger partial charge < -0.3 is 28.7 Å². The number of hydrogen-bond acceptors (Lipinski definition) is 7. The van der Waals surface area contributed by atoms with E-state index in [1.165, 1.54) is 25.4 Å². The van der Waals surface area contributed by atoms with Crippen molar-refractivity contribution in [3.05, 3.63) is 66.1 Å². The molecule has 3 aromatic rings. The smallest absolute Gasteiger partial charge is 0.294 e. The highest BCUT2D eigenvalue weighted by molar-refractivity contribution is 6.09. The van der Waals surface area contributed by atoms with Crippen LogP contribution in [0.4, 0.5) is 5.69 Å². The van der Waals surface area contributed by atoms with Crippen LogP contribution in [0, 0.1) is 0 Å². The molecule has 1 atom stereocenters. The van der Waals surface area contributed by atoms with Crippen molar-refractivity contribution in [2.75, 3.05) is 32.3 Å². The molecule has 0 spiro atoms. The molecule has 1 saturated carbocycles. The van der Waals surface area contributed by atoms with E-state index >= 15 is 0 Å². The third kappa shape index (κ3) is 4.94. The monoisotopic (exact) mass is 506 g/mol. The van der Waals surface area contributed by atoms with E-state index in [1.54, 1.807) is 48.5 Å². The summed E-state index contributed by atoms with van der Waals surface area (Å²) < 4.78 is 28.2. The Labute approximate surface area is 215 Å². The maximum Gasteiger partial charge on any atom is 0.294 e. The number of carbonyl (C=O) groups is 2. The number of ether oxygens (including phenoxy) is 4. The largest absolute Gasteiger partial charge is 0.493 e. The molecule has 0 saturated heterocycles. The Morgan fingerprint density at radius 3 is 2.46 bits per heavy atom. The number of carbonyl (C=O) groups excluding carboxylic acids is 2. The summed E-state index contributed by atoms with van der Waals surface area (Å²) in [6.45, 7) is 0.826. The third-order valence-corrected chi connectivity index (χ3v) is 6.69. The average molecular weight is 507 g/mol. The molecule has 0 radical (unpaired) electrons. The average Bonchev–Trinajstić information content (AvgIpc) is 3.65. The molecule has 37 heavy (non-hydrogen) atoms. The SMILES string of the molecule is COc1cccc(C(C(=O)NC2CCCC2)N(C(=O)c2ccco2)c2ccc3c(c2)OCCO3)c1OC. The zero-order chi connectivity index (χ0) is 25.8. The summed E-state index contributed by atoms with van der Waals surface area (Å²) in [5.41, 5.74) is 0.925. The van der Waals surface area contributed by atoms with Crippen molar-refractivity contribution in [1.82, 2.24) is 5.32 Å². The second kappa shape index (κ2) is 10.9. The normalized spacial score (nSPS) is 15.6. The van der Waals surface area contributed by atoms with Gasteiger partial charge in [-0.2, -0.15) is 0 Å². The van der Waals surface area contributed by atoms with Gasteiger partial charge in [0.15, 0.2) is 28.8 Å². The summed E-state index contributed by atoms with van der Waals surface area (Å²) in [6.07, 6.45) is 5.31. The maximum atomic E-state index is 14.1. The predicted molar refractivity (Wildman–Crippen MR) is 136 cm³/mol. The van der Waals surface area contributed by atoms with Crippen molar-refractivity contribution in [2.45, 2.75) is 37.8 Å². The van der Waals surface area contributed by atoms with Gasteiger partial charge in [-0.25, -0.2) is 0 Å². The van der Waals surface area contributed by atoms with Crippen molar-refractivity contribution < 1.29 is 33.0 Å². The molecule has 1 unspecified atom stereocenters. The van der Waals surface area contributed by atoms with Gasteiger partial charge in [0.25, 0.3) is 5.91 Å². The lowest BCUT2D eigenvalue weighted by Gasteiger charge is -2.33. The molecule has 9 heteroatoms. The van der Waals surface area contributed by atoms with Crippen molar-refractivity contribution >= 4 is 17.5 Å². The molecule has 1 aliphatic carbocycles. The van der Waals surface area contributed by atoms with Gasteiger partial charge in [0.2, 0.25) is 5.91 Å². The predicted octanol–water partition coefficient (Wildman–Crippen LogP) is 4.51. The fourth-order valence-electron chi connectivity index (χ4n) is 4.96. The molecule has 1 aromatic heterocycles. The number of benzene rings is 2. The van der Waals surface area contributed by atoms with Gasteiger partial charge in [0, 0.05) is 23.4 Å². The molecule has 194 valence electrons. The quantitative estimate of drug-likeness (QED) is 0.480. The van der Waals surface area contributed by atoms with E-state index in [0.717, 1.165) is 25.7 Å². The number of methoxy groups -OCH3 is 2. The number of nitrogens with zero attached hydrogens (tertiary/aromatic N) is 1. The van der Waals surface area contributed by atoms with Crippen LogP contribution < -0.4 is 29.2 Å². The molecule has 2 heterocycles. The molecule has 1 N–H and O–H groups in total. The van der Waals surface area contributed by atoms with Gasteiger partial charge in [-0.15, -0.1) is 0 Å². The van der Waals surface area contributed by atoms with Gasteiger partial charge in [0.1, 0.15) is 19.3 Å². The molecule has 5 rings (SSSR count). The van der Waals surface area contributed by atoms with Gasteiger partial charge in [0.05, 0.1) is 20.5 Å². The molecule has 2 aromatic carbocycles. The van der Waals surface area contributed by atoms with Crippen molar-refractivity contribution in [1.29, 1.82) is 0 Å². The van der Waals surface area contributed by atoms with Gasteiger partial charge in [-0.3, -0.25) is 14.5 Å². The Morgan fingerprint density at radius 2 is 1.76 bits per heavy atom. The second-order valence-electron chi connectivity index (χ2n) is 8.96. The lowest BCUT2D eigenvalue weighted by atomic mass is 10.00. The molecular weight excluding hydrogens is 476 g/mol. The third-order valence-electron chi connectivity index (χ3n) is 6.69. The zero-order valence-electron chi connectivity index (χ0n) is 20.9. The zero-order valence-corrected chi connectivity index (χ0v) is 20.9. The van der Waals surface area contributed by atoms with Gasteiger partial charge >= 0.3 is 0 Å². The minimum Gasteiger partial charge on any atom is -0.493 e. The summed E-state index contributed by atoms with van der Waals surface area (Å²) in [5.74, 6) is 1.17. The van der Waals surface area contributed by atoms with Crippen LogP contribution in [-0.4, -0.2) is 45.3 Å². The van der Waals surface area contributed by atoms with Crippen LogP contribution in [-0.2, 0) is 4.79 Å². The first-order chi connectivity index (χ1) is 18.1. The first-order valence-corrected chi connectivity index (χ1v) is 12.4. The molecule has 2 amide bonds. The number of amides is 2. The summed E-state index contributed by atoms with van der Waals surface area (Å²) in [5, 5.41) is 3.16. The molecule has 2 aliphatic rings. The van der Waals surface area contributed by atoms with E-state index in [4.69, 9.17) is 23.4 Å². The molecule has 0 bridgehead atoms. The van der Waals surface area contributed by atoms with E-state index in [2.05, 4.69) is 5.32 Å². The Balaban J connectivity index is 1.67. The van der Waals surface area contributed by atoms with Crippen LogP contribution in [0.15, 0.2) is 59.2 Å². The molecule has 1 aliphatic heterocycles. The van der Waals surface area contributed by atoms with Crippen LogP contribution in [0.2, 0.25) is 0 Å². The molecule has 1 fully saturated rings. The Hall–Kier alpha value is -4.14. The standard InChI is InChI=1S/C28H30N2O7/c1-33-22-10-5-9-20(26(22)34-2)25(27(31)29-18-7-3-4-8-18)30(28(32)23-11-6-14-35-23)19-12-13-21-24(17-19)37-16-15-36-21/h5-6,9-14,17-18,25H,3-4,7-8,15-16H2,1-2H3,(H,29,31). The summed E-state index contributed by atoms with van der Waals surface area (Å²) in [6, 6.07) is 12.6. The number of fused-ring (bicyclic) bond motifs is 1. The minimum atomic E-state index is -1.09. The Kier molecular flexibility index (Phi) is 7.20. The summed E-state index contributed by atoms with van der Waals surface area (Å²) in [4.78, 5) is 29.5. The van der Waals surface area contributed by atoms with Gasteiger partial charge in [-0.05, 0) is 43.2 Å². The Bertz CT molecular complexity index is 1250. The fraction of sp³-hybridized carbons (Fsp3) is 0.357. The second-order valence-corrected chi connectivity index (χ2v) is 8.96. The van der Waals surface area contributed by atoms with Crippen LogP contribution in [0.25, 0.3) is 0 Å². The van der Waals surface area contributed by atoms with Gasteiger partial charge in [-0.1, -0.05) is 25.0 Å². The maximum absolute atomic E-state index is 14.1. The van der Waals surface area contributed by atoms with E-state index in [-0.39, 0.29) is 17.7 Å². The van der Waals surface area contributed by atoms with Crippen LogP contribution >= 0.6 is 0 Å². The number of rotatable bonds is 8. The first-order valence-electron chi connectivity index (χ1n) is 12.4. The van der Waals surface area contributed by atoms with Crippen molar-refractivity contribution in [2.24, 2.45) is 0 Å². The summed E-state index contributed by atoms with van der Waals surface area (Å²) >= 11 is 0. The van der Waals surface area contributed by atoms with Crippen LogP contribution in [0.5, 0.6) is 23.0 Å². The molecule has 9 nitrogen and oxygen atoms in total. The number of anilines is 1. The highest BCUT2D eigenvalue weighted by Crippen LogP contribution is 2.42. The van der Waals surface area contributed by atoms with E-state index in [9.17, 15) is 9.59 Å². The molecular formula is C28H30N2O7. The lowest BCUT2D eigenvalue weighted by molar-refractivity contribution is -0.123. The van der Waals surface area contributed by atoms with E-state index in [0.29, 0.717) is 47.5 Å². The summed E-state index contributed by atoms with van der Waals surface area (Å²) in [7, 11) is 3.04. The number of hydrogen-bond donors (Lipinski definition) is 1. The van der Waals surface area contributed by atoms with Crippen molar-refractivity contribution in [3.8, 4) is 23.0 Å². The number of nitrogens with one attached hydrogen (secondary N) is 1. The van der Waals surface area contributed by atoms with E-state index in [1.807, 2.05) is 0 Å². The first kappa shape index (κ1) is 24.5. The van der Waals surface area contributed by atoms with Crippen LogP contribution in [0.3, 0.4) is 0 Å². The van der Waals surface area contributed by atoms with Crippen molar-refractivity contribution in [3.63, 3.8) is 0 Å². The lowest BCUT2D eigenvalue weighted by Crippen LogP contribution is -2.46. The van der Waals surface area contributed by atoms with Crippen LogP contribution in [0.1, 0.15) is 47.8 Å². The highest BCUT2D eigenvalue weighted by atomic mass is 16.6. The number of para-hydroxylation sites is 1.